The zero-order valence-corrected chi connectivity index (χ0v) is 15.8. The standard InChI is InChI=1S/C17H21N5O2S/c1-6-24-17(23)14-10(4)13-15(19-11(5)20-16(13)25-14)21-12-7-18-22(8-12)9(2)3/h7-9H,6H2,1-5H3,(H,19,20,21). The molecule has 8 heteroatoms. The summed E-state index contributed by atoms with van der Waals surface area (Å²) < 4.78 is 7.02. The smallest absolute Gasteiger partial charge is 0.348 e. The Bertz CT molecular complexity index is 929. The quantitative estimate of drug-likeness (QED) is 0.693. The van der Waals surface area contributed by atoms with Crippen LogP contribution in [0.2, 0.25) is 0 Å². The van der Waals surface area contributed by atoms with Gasteiger partial charge >= 0.3 is 5.97 Å². The van der Waals surface area contributed by atoms with E-state index in [0.29, 0.717) is 23.1 Å². The van der Waals surface area contributed by atoms with Gasteiger partial charge in [0.25, 0.3) is 0 Å². The van der Waals surface area contributed by atoms with Gasteiger partial charge in [0.1, 0.15) is 21.3 Å². The van der Waals surface area contributed by atoms with Crippen LogP contribution in [0.25, 0.3) is 10.2 Å². The molecule has 0 fully saturated rings. The molecular weight excluding hydrogens is 338 g/mol. The molecule has 1 N–H and O–H groups in total. The van der Waals surface area contributed by atoms with Gasteiger partial charge in [-0.25, -0.2) is 14.8 Å². The van der Waals surface area contributed by atoms with Gasteiger partial charge < -0.3 is 10.1 Å². The van der Waals surface area contributed by atoms with Crippen molar-refractivity contribution in [2.75, 3.05) is 11.9 Å². The summed E-state index contributed by atoms with van der Waals surface area (Å²) in [7, 11) is 0. The highest BCUT2D eigenvalue weighted by molar-refractivity contribution is 7.20. The number of nitrogens with one attached hydrogen (secondary N) is 1. The van der Waals surface area contributed by atoms with Crippen molar-refractivity contribution < 1.29 is 9.53 Å². The van der Waals surface area contributed by atoms with E-state index in [4.69, 9.17) is 4.74 Å². The molecule has 25 heavy (non-hydrogen) atoms. The Labute approximate surface area is 150 Å². The maximum Gasteiger partial charge on any atom is 0.348 e. The van der Waals surface area contributed by atoms with Crippen LogP contribution >= 0.6 is 11.3 Å². The average Bonchev–Trinajstić information content (AvgIpc) is 3.12. The first kappa shape index (κ1) is 17.3. The van der Waals surface area contributed by atoms with Crippen molar-refractivity contribution in [1.29, 1.82) is 0 Å². The molecule has 0 radical (unpaired) electrons. The molecule has 0 unspecified atom stereocenters. The van der Waals surface area contributed by atoms with Gasteiger partial charge in [-0.15, -0.1) is 11.3 Å². The third-order valence-corrected chi connectivity index (χ3v) is 4.92. The highest BCUT2D eigenvalue weighted by Gasteiger charge is 2.21. The summed E-state index contributed by atoms with van der Waals surface area (Å²) in [4.78, 5) is 22.5. The molecule has 0 spiro atoms. The van der Waals surface area contributed by atoms with E-state index in [1.807, 2.05) is 24.7 Å². The molecule has 3 aromatic heterocycles. The first-order chi connectivity index (χ1) is 11.9. The minimum Gasteiger partial charge on any atom is -0.462 e. The van der Waals surface area contributed by atoms with Gasteiger partial charge in [0.15, 0.2) is 0 Å². The van der Waals surface area contributed by atoms with Gasteiger partial charge in [-0.1, -0.05) is 0 Å². The van der Waals surface area contributed by atoms with E-state index in [2.05, 4.69) is 34.2 Å². The molecule has 0 aliphatic heterocycles. The Hall–Kier alpha value is -2.48. The predicted molar refractivity (Wildman–Crippen MR) is 98.7 cm³/mol. The number of anilines is 2. The zero-order valence-electron chi connectivity index (χ0n) is 15.0. The Morgan fingerprint density at radius 3 is 2.76 bits per heavy atom. The molecular formula is C17H21N5O2S. The number of thiophene rings is 1. The predicted octanol–water partition coefficient (Wildman–Crippen LogP) is 4.01. The molecule has 0 saturated heterocycles. The number of carbonyl (C=O) groups is 1. The van der Waals surface area contributed by atoms with Crippen LogP contribution in [-0.4, -0.2) is 32.3 Å². The SMILES string of the molecule is CCOC(=O)c1sc2nc(C)nc(Nc3cnn(C(C)C)c3)c2c1C. The number of hydrogen-bond acceptors (Lipinski definition) is 7. The van der Waals surface area contributed by atoms with E-state index in [1.165, 1.54) is 11.3 Å². The van der Waals surface area contributed by atoms with Crippen molar-refractivity contribution in [3.05, 3.63) is 28.7 Å². The number of ether oxygens (including phenoxy) is 1. The van der Waals surface area contributed by atoms with Crippen LogP contribution in [0.15, 0.2) is 12.4 Å². The lowest BCUT2D eigenvalue weighted by atomic mass is 10.2. The number of hydrogen-bond donors (Lipinski definition) is 1. The summed E-state index contributed by atoms with van der Waals surface area (Å²) in [5, 5.41) is 8.49. The number of aromatic nitrogens is 4. The molecule has 132 valence electrons. The van der Waals surface area contributed by atoms with E-state index in [1.54, 1.807) is 13.1 Å². The van der Waals surface area contributed by atoms with Crippen LogP contribution in [0.1, 0.15) is 47.9 Å². The summed E-state index contributed by atoms with van der Waals surface area (Å²) in [6.45, 7) is 10.0. The van der Waals surface area contributed by atoms with E-state index >= 15 is 0 Å². The van der Waals surface area contributed by atoms with E-state index < -0.39 is 0 Å². The van der Waals surface area contributed by atoms with Crippen LogP contribution in [0.5, 0.6) is 0 Å². The first-order valence-electron chi connectivity index (χ1n) is 8.16. The second kappa shape index (κ2) is 6.79. The summed E-state index contributed by atoms with van der Waals surface area (Å²) >= 11 is 1.33. The Morgan fingerprint density at radius 2 is 2.12 bits per heavy atom. The molecule has 0 aromatic carbocycles. The highest BCUT2D eigenvalue weighted by Crippen LogP contribution is 2.35. The second-order valence-corrected chi connectivity index (χ2v) is 7.00. The number of aryl methyl sites for hydroxylation is 2. The monoisotopic (exact) mass is 359 g/mol. The van der Waals surface area contributed by atoms with Crippen LogP contribution in [-0.2, 0) is 4.74 Å². The van der Waals surface area contributed by atoms with Crippen LogP contribution in [0.4, 0.5) is 11.5 Å². The summed E-state index contributed by atoms with van der Waals surface area (Å²) in [6.07, 6.45) is 3.69. The molecule has 3 rings (SSSR count). The Kier molecular flexibility index (Phi) is 4.71. The van der Waals surface area contributed by atoms with Crippen molar-refractivity contribution in [3.63, 3.8) is 0 Å². The van der Waals surface area contributed by atoms with Gasteiger partial charge in [-0.3, -0.25) is 4.68 Å². The lowest BCUT2D eigenvalue weighted by molar-refractivity contribution is 0.0531. The minimum absolute atomic E-state index is 0.279. The van der Waals surface area contributed by atoms with E-state index in [-0.39, 0.29) is 12.0 Å². The number of nitrogens with zero attached hydrogens (tertiary/aromatic N) is 4. The third-order valence-electron chi connectivity index (χ3n) is 3.76. The van der Waals surface area contributed by atoms with Gasteiger partial charge in [0.05, 0.1) is 23.9 Å². The molecule has 3 aromatic rings. The molecule has 0 amide bonds. The fourth-order valence-corrected chi connectivity index (χ4v) is 3.67. The number of esters is 1. The highest BCUT2D eigenvalue weighted by atomic mass is 32.1. The van der Waals surface area contributed by atoms with Crippen molar-refractivity contribution in [1.82, 2.24) is 19.7 Å². The molecule has 0 bridgehead atoms. The average molecular weight is 359 g/mol. The number of fused-ring (bicyclic) bond motifs is 1. The molecule has 3 heterocycles. The lowest BCUT2D eigenvalue weighted by Crippen LogP contribution is -2.04. The van der Waals surface area contributed by atoms with Crippen molar-refractivity contribution in [3.8, 4) is 0 Å². The first-order valence-corrected chi connectivity index (χ1v) is 8.98. The fraction of sp³-hybridized carbons (Fsp3) is 0.412. The Morgan fingerprint density at radius 1 is 1.36 bits per heavy atom. The second-order valence-electron chi connectivity index (χ2n) is 6.00. The number of rotatable bonds is 5. The topological polar surface area (TPSA) is 81.9 Å². The van der Waals surface area contributed by atoms with Crippen molar-refractivity contribution in [2.45, 2.75) is 40.7 Å². The fourth-order valence-electron chi connectivity index (χ4n) is 2.55. The van der Waals surface area contributed by atoms with Gasteiger partial charge in [-0.05, 0) is 40.2 Å². The third kappa shape index (κ3) is 3.34. The van der Waals surface area contributed by atoms with E-state index in [9.17, 15) is 4.79 Å². The molecule has 0 aliphatic carbocycles. The van der Waals surface area contributed by atoms with E-state index in [0.717, 1.165) is 21.5 Å². The molecule has 0 saturated carbocycles. The van der Waals surface area contributed by atoms with Gasteiger partial charge in [-0.2, -0.15) is 5.10 Å². The van der Waals surface area contributed by atoms with Crippen molar-refractivity contribution in [2.24, 2.45) is 0 Å². The maximum atomic E-state index is 12.2. The molecule has 0 aliphatic rings. The Balaban J connectivity index is 2.06. The minimum atomic E-state index is -0.320. The van der Waals surface area contributed by atoms with Crippen LogP contribution in [0.3, 0.4) is 0 Å². The van der Waals surface area contributed by atoms with Gasteiger partial charge in [0.2, 0.25) is 0 Å². The molecule has 0 atom stereocenters. The van der Waals surface area contributed by atoms with Gasteiger partial charge in [0, 0.05) is 12.2 Å². The van der Waals surface area contributed by atoms with Crippen molar-refractivity contribution >= 4 is 39.0 Å². The van der Waals surface area contributed by atoms with Crippen LogP contribution < -0.4 is 5.32 Å². The molecule has 7 nitrogen and oxygen atoms in total. The number of carbonyl (C=O) groups excluding carboxylic acids is 1. The van der Waals surface area contributed by atoms with Crippen LogP contribution in [0, 0.1) is 13.8 Å². The summed E-state index contributed by atoms with van der Waals surface area (Å²) in [6, 6.07) is 0.279. The maximum absolute atomic E-state index is 12.2. The summed E-state index contributed by atoms with van der Waals surface area (Å²) in [5.74, 6) is 0.997. The summed E-state index contributed by atoms with van der Waals surface area (Å²) in [5.41, 5.74) is 1.67. The zero-order chi connectivity index (χ0) is 18.1. The largest absolute Gasteiger partial charge is 0.462 e. The lowest BCUT2D eigenvalue weighted by Gasteiger charge is -2.07. The normalized spacial score (nSPS) is 11.3.